The largest absolute Gasteiger partial charge is 0.573 e. The van der Waals surface area contributed by atoms with Gasteiger partial charge in [-0.2, -0.15) is 0 Å². The maximum Gasteiger partial charge on any atom is 0.573 e. The number of amides is 2. The van der Waals surface area contributed by atoms with Crippen molar-refractivity contribution in [1.29, 1.82) is 0 Å². The smallest absolute Gasteiger partial charge is 0.406 e. The summed E-state index contributed by atoms with van der Waals surface area (Å²) in [7, 11) is 0. The van der Waals surface area contributed by atoms with Gasteiger partial charge >= 0.3 is 6.36 Å². The number of nitrogens with zero attached hydrogens (tertiary/aromatic N) is 3. The average Bonchev–Trinajstić information content (AvgIpc) is 3.26. The van der Waals surface area contributed by atoms with Crippen LogP contribution >= 0.6 is 11.3 Å². The maximum atomic E-state index is 13.1. The number of piperidine rings is 1. The van der Waals surface area contributed by atoms with Crippen LogP contribution in [0.25, 0.3) is 0 Å². The van der Waals surface area contributed by atoms with Gasteiger partial charge in [0.05, 0.1) is 10.4 Å². The number of hydrogen-bond donors (Lipinski definition) is 0. The molecule has 3 heterocycles. The second kappa shape index (κ2) is 7.57. The quantitative estimate of drug-likeness (QED) is 0.725. The standard InChI is InChI=1S/C20H20F3N3O3S/c1-13-24-16(12-30-13)17(27)25-9-6-19(7-10-25)8-11-26(18(19)28)14-2-4-15(5-3-14)29-20(21,22)23/h2-5,12H,6-11H2,1H3. The highest BCUT2D eigenvalue weighted by atomic mass is 32.1. The molecule has 0 bridgehead atoms. The summed E-state index contributed by atoms with van der Waals surface area (Å²) >= 11 is 1.43. The molecule has 0 unspecified atom stereocenters. The van der Waals surface area contributed by atoms with E-state index in [1.165, 1.54) is 35.6 Å². The number of halogens is 3. The molecule has 6 nitrogen and oxygen atoms in total. The van der Waals surface area contributed by atoms with Crippen molar-refractivity contribution in [2.75, 3.05) is 24.5 Å². The molecule has 0 saturated carbocycles. The lowest BCUT2D eigenvalue weighted by atomic mass is 9.77. The Morgan fingerprint density at radius 3 is 2.33 bits per heavy atom. The molecule has 0 aliphatic carbocycles. The molecule has 0 radical (unpaired) electrons. The molecule has 160 valence electrons. The molecule has 0 atom stereocenters. The molecule has 2 aliphatic rings. The topological polar surface area (TPSA) is 62.7 Å². The van der Waals surface area contributed by atoms with Crippen LogP contribution in [0.3, 0.4) is 0 Å². The molecule has 2 fully saturated rings. The van der Waals surface area contributed by atoms with Gasteiger partial charge in [-0.05, 0) is 50.5 Å². The lowest BCUT2D eigenvalue weighted by molar-refractivity contribution is -0.274. The molecule has 10 heteroatoms. The average molecular weight is 439 g/mol. The van der Waals surface area contributed by atoms with Gasteiger partial charge in [0.2, 0.25) is 5.91 Å². The van der Waals surface area contributed by atoms with Crippen LogP contribution in [-0.2, 0) is 4.79 Å². The summed E-state index contributed by atoms with van der Waals surface area (Å²) in [6.07, 6.45) is -2.97. The number of alkyl halides is 3. The van der Waals surface area contributed by atoms with Crippen LogP contribution < -0.4 is 9.64 Å². The first-order valence-corrected chi connectivity index (χ1v) is 10.4. The van der Waals surface area contributed by atoms with Crippen LogP contribution in [0.4, 0.5) is 18.9 Å². The van der Waals surface area contributed by atoms with Crippen LogP contribution in [-0.4, -0.2) is 47.7 Å². The Kier molecular flexibility index (Phi) is 5.21. The lowest BCUT2D eigenvalue weighted by Gasteiger charge is -2.37. The Bertz CT molecular complexity index is 950. The van der Waals surface area contributed by atoms with Crippen LogP contribution in [0.15, 0.2) is 29.6 Å². The number of hydrogen-bond acceptors (Lipinski definition) is 5. The Labute approximate surface area is 175 Å². The molecular weight excluding hydrogens is 419 g/mol. The van der Waals surface area contributed by atoms with Gasteiger partial charge in [0.15, 0.2) is 0 Å². The van der Waals surface area contributed by atoms with Gasteiger partial charge in [0.25, 0.3) is 5.91 Å². The van der Waals surface area contributed by atoms with Crippen molar-refractivity contribution in [2.24, 2.45) is 5.41 Å². The summed E-state index contributed by atoms with van der Waals surface area (Å²) in [5, 5.41) is 2.58. The van der Waals surface area contributed by atoms with E-state index >= 15 is 0 Å². The Balaban J connectivity index is 1.40. The van der Waals surface area contributed by atoms with E-state index in [1.54, 1.807) is 15.2 Å². The minimum atomic E-state index is -4.75. The second-order valence-corrected chi connectivity index (χ2v) is 8.64. The Morgan fingerprint density at radius 1 is 1.13 bits per heavy atom. The number of rotatable bonds is 3. The van der Waals surface area contributed by atoms with Gasteiger partial charge in [-0.3, -0.25) is 9.59 Å². The number of thiazole rings is 1. The number of benzene rings is 1. The van der Waals surface area contributed by atoms with Crippen molar-refractivity contribution in [3.63, 3.8) is 0 Å². The van der Waals surface area contributed by atoms with E-state index in [1.807, 2.05) is 6.92 Å². The fraction of sp³-hybridized carbons (Fsp3) is 0.450. The highest BCUT2D eigenvalue weighted by molar-refractivity contribution is 7.09. The van der Waals surface area contributed by atoms with Gasteiger partial charge in [-0.1, -0.05) is 0 Å². The third-order valence-corrected chi connectivity index (χ3v) is 6.51. The van der Waals surface area contributed by atoms with E-state index in [0.29, 0.717) is 50.3 Å². The maximum absolute atomic E-state index is 13.1. The van der Waals surface area contributed by atoms with Crippen molar-refractivity contribution in [3.05, 3.63) is 40.3 Å². The molecule has 2 aliphatic heterocycles. The van der Waals surface area contributed by atoms with E-state index in [4.69, 9.17) is 0 Å². The van der Waals surface area contributed by atoms with E-state index in [2.05, 4.69) is 9.72 Å². The number of carbonyl (C=O) groups is 2. The van der Waals surface area contributed by atoms with Crippen LogP contribution in [0, 0.1) is 12.3 Å². The zero-order valence-electron chi connectivity index (χ0n) is 16.2. The zero-order valence-corrected chi connectivity index (χ0v) is 17.1. The molecule has 2 saturated heterocycles. The zero-order chi connectivity index (χ0) is 21.5. The summed E-state index contributed by atoms with van der Waals surface area (Å²) in [4.78, 5) is 33.3. The SMILES string of the molecule is Cc1nc(C(=O)N2CCC3(CC2)CCN(c2ccc(OC(F)(F)F)cc2)C3=O)cs1. The van der Waals surface area contributed by atoms with Gasteiger partial charge in [0.1, 0.15) is 11.4 Å². The number of likely N-dealkylation sites (tertiary alicyclic amines) is 1. The van der Waals surface area contributed by atoms with Crippen molar-refractivity contribution >= 4 is 28.8 Å². The summed E-state index contributed by atoms with van der Waals surface area (Å²) in [5.74, 6) is -0.475. The van der Waals surface area contributed by atoms with Crippen LogP contribution in [0.5, 0.6) is 5.75 Å². The Hall–Kier alpha value is -2.62. The molecule has 30 heavy (non-hydrogen) atoms. The fourth-order valence-corrected chi connectivity index (χ4v) is 4.71. The van der Waals surface area contributed by atoms with Gasteiger partial charge in [-0.25, -0.2) is 4.98 Å². The van der Waals surface area contributed by atoms with Crippen molar-refractivity contribution in [2.45, 2.75) is 32.5 Å². The predicted molar refractivity (Wildman–Crippen MR) is 105 cm³/mol. The molecule has 2 amide bonds. The van der Waals surface area contributed by atoms with Crippen molar-refractivity contribution in [1.82, 2.24) is 9.88 Å². The van der Waals surface area contributed by atoms with Gasteiger partial charge < -0.3 is 14.5 Å². The van der Waals surface area contributed by atoms with Crippen molar-refractivity contribution in [3.8, 4) is 5.75 Å². The third-order valence-electron chi connectivity index (χ3n) is 5.74. The minimum absolute atomic E-state index is 0.0383. The van der Waals surface area contributed by atoms with E-state index in [0.717, 1.165) is 5.01 Å². The minimum Gasteiger partial charge on any atom is -0.406 e. The van der Waals surface area contributed by atoms with E-state index in [-0.39, 0.29) is 17.6 Å². The van der Waals surface area contributed by atoms with Gasteiger partial charge in [0, 0.05) is 30.7 Å². The molecular formula is C20H20F3N3O3S. The highest BCUT2D eigenvalue weighted by Gasteiger charge is 2.49. The molecule has 4 rings (SSSR count). The highest BCUT2D eigenvalue weighted by Crippen LogP contribution is 2.43. The molecule has 0 N–H and O–H groups in total. The normalized spacial score (nSPS) is 18.9. The number of carbonyl (C=O) groups excluding carboxylic acids is 2. The lowest BCUT2D eigenvalue weighted by Crippen LogP contribution is -2.46. The second-order valence-electron chi connectivity index (χ2n) is 7.57. The number of ether oxygens (including phenoxy) is 1. The summed E-state index contributed by atoms with van der Waals surface area (Å²) in [5.41, 5.74) is 0.451. The predicted octanol–water partition coefficient (Wildman–Crippen LogP) is 4.01. The third kappa shape index (κ3) is 4.00. The first-order chi connectivity index (χ1) is 14.2. The monoisotopic (exact) mass is 439 g/mol. The van der Waals surface area contributed by atoms with E-state index < -0.39 is 11.8 Å². The number of aryl methyl sites for hydroxylation is 1. The van der Waals surface area contributed by atoms with Crippen LogP contribution in [0.1, 0.15) is 34.8 Å². The molecule has 1 aromatic heterocycles. The van der Waals surface area contributed by atoms with Crippen molar-refractivity contribution < 1.29 is 27.5 Å². The van der Waals surface area contributed by atoms with E-state index in [9.17, 15) is 22.8 Å². The first kappa shape index (κ1) is 20.6. The first-order valence-electron chi connectivity index (χ1n) is 9.56. The Morgan fingerprint density at radius 2 is 1.77 bits per heavy atom. The van der Waals surface area contributed by atoms with Gasteiger partial charge in [-0.15, -0.1) is 24.5 Å². The summed E-state index contributed by atoms with van der Waals surface area (Å²) in [6, 6.07) is 5.33. The summed E-state index contributed by atoms with van der Waals surface area (Å²) < 4.78 is 40.9. The number of aromatic nitrogens is 1. The molecule has 1 aromatic carbocycles. The molecule has 1 spiro atoms. The number of anilines is 1. The van der Waals surface area contributed by atoms with Crippen LogP contribution in [0.2, 0.25) is 0 Å². The summed E-state index contributed by atoms with van der Waals surface area (Å²) in [6.45, 7) is 3.30. The molecule has 2 aromatic rings. The fourth-order valence-electron chi connectivity index (χ4n) is 4.12.